The number of hydrogen-bond donors (Lipinski definition) is 0. The van der Waals surface area contributed by atoms with Crippen molar-refractivity contribution in [2.24, 2.45) is 0 Å². The number of nitrogens with zero attached hydrogens (tertiary/aromatic N) is 5. The van der Waals surface area contributed by atoms with Gasteiger partial charge in [-0.15, -0.1) is 4.68 Å². The van der Waals surface area contributed by atoms with Gasteiger partial charge >= 0.3 is 6.09 Å². The summed E-state index contributed by atoms with van der Waals surface area (Å²) in [6.45, 7) is 8.39. The van der Waals surface area contributed by atoms with E-state index in [0.29, 0.717) is 21.6 Å². The number of allylic oxidation sites excluding steroid dienone is 1. The number of aryl methyl sites for hydroxylation is 2. The number of benzene rings is 1. The van der Waals surface area contributed by atoms with Gasteiger partial charge in [0.05, 0.1) is 6.07 Å². The van der Waals surface area contributed by atoms with Crippen LogP contribution in [-0.4, -0.2) is 31.4 Å². The summed E-state index contributed by atoms with van der Waals surface area (Å²) >= 11 is 6.03. The second-order valence-electron chi connectivity index (χ2n) is 8.12. The SMILES string of the molecule is Cc1cc(/C=C/C#N)cc(C)c1Oc1nc(Cl)nc2c1c(C(F)F)nn2C(=O)OC(C)(C)C. The molecule has 0 aliphatic carbocycles. The minimum absolute atomic E-state index is 0.257. The fraction of sp³-hybridized carbons (Fsp3) is 0.318. The van der Waals surface area contributed by atoms with Crippen LogP contribution in [-0.2, 0) is 4.74 Å². The molecule has 0 spiro atoms. The Balaban J connectivity index is 2.18. The van der Waals surface area contributed by atoms with Gasteiger partial charge in [0.2, 0.25) is 11.2 Å². The minimum Gasteiger partial charge on any atom is -0.442 e. The van der Waals surface area contributed by atoms with Crippen LogP contribution in [0.1, 0.15) is 49.6 Å². The highest BCUT2D eigenvalue weighted by Crippen LogP contribution is 2.37. The van der Waals surface area contributed by atoms with Crippen LogP contribution in [0.3, 0.4) is 0 Å². The van der Waals surface area contributed by atoms with E-state index in [4.69, 9.17) is 26.3 Å². The molecule has 0 aliphatic heterocycles. The highest BCUT2D eigenvalue weighted by molar-refractivity contribution is 6.28. The van der Waals surface area contributed by atoms with Crippen molar-refractivity contribution in [3.63, 3.8) is 0 Å². The lowest BCUT2D eigenvalue weighted by Crippen LogP contribution is -2.28. The van der Waals surface area contributed by atoms with E-state index in [9.17, 15) is 13.6 Å². The van der Waals surface area contributed by atoms with Gasteiger partial charge in [-0.3, -0.25) is 0 Å². The molecule has 2 heterocycles. The number of aromatic nitrogens is 4. The van der Waals surface area contributed by atoms with Crippen molar-refractivity contribution in [3.05, 3.63) is 45.9 Å². The maximum atomic E-state index is 13.9. The van der Waals surface area contributed by atoms with Gasteiger partial charge in [0, 0.05) is 6.08 Å². The monoisotopic (exact) mass is 475 g/mol. The fourth-order valence-electron chi connectivity index (χ4n) is 3.12. The van der Waals surface area contributed by atoms with Crippen LogP contribution in [0.15, 0.2) is 18.2 Å². The van der Waals surface area contributed by atoms with Gasteiger partial charge in [-0.2, -0.15) is 20.3 Å². The van der Waals surface area contributed by atoms with Crippen LogP contribution in [0.4, 0.5) is 13.6 Å². The van der Waals surface area contributed by atoms with Crippen LogP contribution >= 0.6 is 11.6 Å². The number of rotatable bonds is 4. The number of hydrogen-bond acceptors (Lipinski definition) is 7. The molecule has 0 unspecified atom stereocenters. The van der Waals surface area contributed by atoms with E-state index in [0.717, 1.165) is 5.56 Å². The molecule has 172 valence electrons. The van der Waals surface area contributed by atoms with Crippen molar-refractivity contribution in [2.45, 2.75) is 46.6 Å². The summed E-state index contributed by atoms with van der Waals surface area (Å²) in [6, 6.07) is 5.43. The Kier molecular flexibility index (Phi) is 6.65. The van der Waals surface area contributed by atoms with Crippen molar-refractivity contribution >= 4 is 34.8 Å². The number of ether oxygens (including phenoxy) is 2. The zero-order valence-electron chi connectivity index (χ0n) is 18.5. The first kappa shape index (κ1) is 24.1. The van der Waals surface area contributed by atoms with Gasteiger partial charge in [-0.25, -0.2) is 13.6 Å². The molecule has 3 rings (SSSR count). The lowest BCUT2D eigenvalue weighted by atomic mass is 10.1. The molecule has 11 heteroatoms. The summed E-state index contributed by atoms with van der Waals surface area (Å²) in [5.74, 6) is 0.0760. The first-order chi connectivity index (χ1) is 15.4. The van der Waals surface area contributed by atoms with Crippen molar-refractivity contribution in [1.82, 2.24) is 19.7 Å². The smallest absolute Gasteiger partial charge is 0.437 e. The average molecular weight is 476 g/mol. The topological polar surface area (TPSA) is 103 Å². The van der Waals surface area contributed by atoms with E-state index in [1.807, 2.05) is 6.07 Å². The summed E-state index contributed by atoms with van der Waals surface area (Å²) in [5, 5.41) is 11.9. The molecule has 0 aliphatic rings. The van der Waals surface area contributed by atoms with Gasteiger partial charge in [-0.1, -0.05) is 0 Å². The van der Waals surface area contributed by atoms with Gasteiger partial charge in [0.25, 0.3) is 6.43 Å². The molecule has 0 fully saturated rings. The molecule has 0 saturated carbocycles. The average Bonchev–Trinajstić information content (AvgIpc) is 3.07. The Morgan fingerprint density at radius 3 is 2.42 bits per heavy atom. The summed E-state index contributed by atoms with van der Waals surface area (Å²) < 4.78 is 39.5. The molecule has 0 radical (unpaired) electrons. The molecule has 1 aromatic carbocycles. The molecule has 33 heavy (non-hydrogen) atoms. The zero-order chi connectivity index (χ0) is 24.5. The molecule has 8 nitrogen and oxygen atoms in total. The first-order valence-corrected chi connectivity index (χ1v) is 10.1. The standard InChI is InChI=1S/C22H20ClF2N5O3/c1-11-9-13(7-6-8-26)10-12(2)16(11)32-19-14-15(17(24)25)29-30(18(14)27-20(23)28-19)21(31)33-22(3,4)5/h6-7,9-10,17H,1-5H3/b7-6+. The van der Waals surface area contributed by atoms with Crippen LogP contribution in [0.2, 0.25) is 5.28 Å². The lowest BCUT2D eigenvalue weighted by molar-refractivity contribution is 0.0517. The third-order valence-electron chi connectivity index (χ3n) is 4.30. The van der Waals surface area contributed by atoms with Crippen LogP contribution in [0, 0.1) is 25.2 Å². The Bertz CT molecular complexity index is 1280. The van der Waals surface area contributed by atoms with E-state index in [1.165, 1.54) is 6.08 Å². The summed E-state index contributed by atoms with van der Waals surface area (Å²) in [5.41, 5.74) is 0.176. The number of fused-ring (bicyclic) bond motifs is 1. The van der Waals surface area contributed by atoms with E-state index in [2.05, 4.69) is 15.1 Å². The Morgan fingerprint density at radius 1 is 1.24 bits per heavy atom. The molecular formula is C22H20ClF2N5O3. The van der Waals surface area contributed by atoms with Crippen molar-refractivity contribution in [2.75, 3.05) is 0 Å². The van der Waals surface area contributed by atoms with Crippen molar-refractivity contribution < 1.29 is 23.0 Å². The molecule has 0 bridgehead atoms. The highest BCUT2D eigenvalue weighted by Gasteiger charge is 2.30. The van der Waals surface area contributed by atoms with Crippen LogP contribution < -0.4 is 4.74 Å². The second-order valence-corrected chi connectivity index (χ2v) is 8.46. The predicted molar refractivity (Wildman–Crippen MR) is 118 cm³/mol. The summed E-state index contributed by atoms with van der Waals surface area (Å²) in [6.07, 6.45) is -1.09. The molecule has 0 N–H and O–H groups in total. The van der Waals surface area contributed by atoms with E-state index >= 15 is 0 Å². The zero-order valence-corrected chi connectivity index (χ0v) is 19.2. The maximum Gasteiger partial charge on any atom is 0.437 e. The summed E-state index contributed by atoms with van der Waals surface area (Å²) in [4.78, 5) is 20.5. The fourth-order valence-corrected chi connectivity index (χ4v) is 3.27. The quantitative estimate of drug-likeness (QED) is 0.329. The van der Waals surface area contributed by atoms with Crippen molar-refractivity contribution in [3.8, 4) is 17.7 Å². The number of nitriles is 1. The van der Waals surface area contributed by atoms with Gasteiger partial charge in [0.15, 0.2) is 5.65 Å². The summed E-state index contributed by atoms with van der Waals surface area (Å²) in [7, 11) is 0. The van der Waals surface area contributed by atoms with Crippen molar-refractivity contribution in [1.29, 1.82) is 5.26 Å². The Morgan fingerprint density at radius 2 is 1.88 bits per heavy atom. The lowest BCUT2D eigenvalue weighted by Gasteiger charge is -2.19. The Hall–Kier alpha value is -3.58. The van der Waals surface area contributed by atoms with Crippen LogP contribution in [0.25, 0.3) is 17.1 Å². The normalized spacial score (nSPS) is 11.9. The molecule has 0 amide bonds. The third kappa shape index (κ3) is 5.26. The first-order valence-electron chi connectivity index (χ1n) is 9.74. The van der Waals surface area contributed by atoms with Gasteiger partial charge in [-0.05, 0) is 81.1 Å². The molecule has 0 saturated heterocycles. The molecule has 0 atom stereocenters. The van der Waals surface area contributed by atoms with E-state index in [1.54, 1.807) is 52.8 Å². The highest BCUT2D eigenvalue weighted by atomic mass is 35.5. The minimum atomic E-state index is -3.05. The third-order valence-corrected chi connectivity index (χ3v) is 4.47. The largest absolute Gasteiger partial charge is 0.442 e. The van der Waals surface area contributed by atoms with E-state index in [-0.39, 0.29) is 22.2 Å². The van der Waals surface area contributed by atoms with E-state index < -0.39 is 23.8 Å². The molecule has 3 aromatic rings. The number of halogens is 3. The van der Waals surface area contributed by atoms with Gasteiger partial charge in [0.1, 0.15) is 22.4 Å². The molecular weight excluding hydrogens is 456 g/mol. The number of carbonyl (C=O) groups excluding carboxylic acids is 1. The van der Waals surface area contributed by atoms with Gasteiger partial charge < -0.3 is 9.47 Å². The maximum absolute atomic E-state index is 13.9. The molecule has 2 aromatic heterocycles. The predicted octanol–water partition coefficient (Wildman–Crippen LogP) is 6.15. The second kappa shape index (κ2) is 9.11. The van der Waals surface area contributed by atoms with Crippen LogP contribution in [0.5, 0.6) is 11.6 Å². The number of carbonyl (C=O) groups is 1. The Labute approximate surface area is 193 Å². The number of alkyl halides is 2.